The number of ether oxygens (including phenoxy) is 2. The highest BCUT2D eigenvalue weighted by atomic mass is 16.5. The van der Waals surface area contributed by atoms with E-state index < -0.39 is 0 Å². The largest absolute Gasteiger partial charge is 0.489 e. The van der Waals surface area contributed by atoms with Crippen molar-refractivity contribution in [3.63, 3.8) is 0 Å². The molecule has 1 heterocycles. The molecule has 1 aromatic carbocycles. The molecule has 1 aliphatic heterocycles. The van der Waals surface area contributed by atoms with Crippen LogP contribution in [0.3, 0.4) is 0 Å². The predicted molar refractivity (Wildman–Crippen MR) is 87.3 cm³/mol. The summed E-state index contributed by atoms with van der Waals surface area (Å²) in [5.74, 6) is 0.935. The summed E-state index contributed by atoms with van der Waals surface area (Å²) in [6.07, 6.45) is 2.39. The molecule has 118 valence electrons. The lowest BCUT2D eigenvalue weighted by Gasteiger charge is -2.32. The van der Waals surface area contributed by atoms with Gasteiger partial charge in [0.1, 0.15) is 12.4 Å². The molecular formula is C17H28N2O2. The van der Waals surface area contributed by atoms with Crippen molar-refractivity contribution in [3.05, 3.63) is 23.8 Å². The van der Waals surface area contributed by atoms with Crippen molar-refractivity contribution < 1.29 is 9.47 Å². The zero-order valence-electron chi connectivity index (χ0n) is 13.5. The van der Waals surface area contributed by atoms with Crippen LogP contribution in [-0.4, -0.2) is 50.9 Å². The molecule has 2 rings (SSSR count). The molecule has 0 saturated carbocycles. The monoisotopic (exact) mass is 292 g/mol. The second-order valence-corrected chi connectivity index (χ2v) is 5.69. The van der Waals surface area contributed by atoms with Crippen LogP contribution in [0.2, 0.25) is 0 Å². The summed E-state index contributed by atoms with van der Waals surface area (Å²) in [7, 11) is 1.69. The van der Waals surface area contributed by atoms with Crippen LogP contribution in [0.1, 0.15) is 25.3 Å². The van der Waals surface area contributed by atoms with Gasteiger partial charge in [0.15, 0.2) is 0 Å². The zero-order chi connectivity index (χ0) is 15.1. The number of nitrogens with zero attached hydrogens (tertiary/aromatic N) is 1. The molecule has 1 fully saturated rings. The van der Waals surface area contributed by atoms with Gasteiger partial charge < -0.3 is 19.7 Å². The Balaban J connectivity index is 1.95. The minimum absolute atomic E-state index is 0.542. The van der Waals surface area contributed by atoms with Crippen molar-refractivity contribution in [1.82, 2.24) is 4.90 Å². The van der Waals surface area contributed by atoms with Crippen LogP contribution in [0, 0.1) is 6.92 Å². The second kappa shape index (κ2) is 8.25. The molecule has 0 radical (unpaired) electrons. The minimum Gasteiger partial charge on any atom is -0.489 e. The highest BCUT2D eigenvalue weighted by molar-refractivity contribution is 5.58. The fourth-order valence-electron chi connectivity index (χ4n) is 2.72. The standard InChI is InChI=1S/C17H28N2O2/c1-4-19-9-7-15(8-10-19)18-16-6-5-14(2)13-17(16)21-12-11-20-3/h5-6,13,15,18H,4,7-12H2,1-3H3. The molecule has 4 nitrogen and oxygen atoms in total. The van der Waals surface area contributed by atoms with Crippen LogP contribution in [0.15, 0.2) is 18.2 Å². The summed E-state index contributed by atoms with van der Waals surface area (Å²) in [5.41, 5.74) is 2.32. The van der Waals surface area contributed by atoms with Crippen LogP contribution < -0.4 is 10.1 Å². The molecule has 0 aliphatic carbocycles. The van der Waals surface area contributed by atoms with Gasteiger partial charge in [-0.1, -0.05) is 13.0 Å². The van der Waals surface area contributed by atoms with E-state index in [4.69, 9.17) is 9.47 Å². The summed E-state index contributed by atoms with van der Waals surface area (Å²) in [6, 6.07) is 6.90. The van der Waals surface area contributed by atoms with Crippen LogP contribution in [-0.2, 0) is 4.74 Å². The summed E-state index contributed by atoms with van der Waals surface area (Å²) in [4.78, 5) is 2.50. The Kier molecular flexibility index (Phi) is 6.33. The maximum atomic E-state index is 5.84. The number of benzene rings is 1. The van der Waals surface area contributed by atoms with Crippen LogP contribution in [0.5, 0.6) is 5.75 Å². The van der Waals surface area contributed by atoms with Gasteiger partial charge in [-0.05, 0) is 44.0 Å². The molecule has 0 atom stereocenters. The molecule has 1 aliphatic rings. The lowest BCUT2D eigenvalue weighted by Crippen LogP contribution is -2.38. The highest BCUT2D eigenvalue weighted by Gasteiger charge is 2.18. The van der Waals surface area contributed by atoms with Crippen molar-refractivity contribution in [2.75, 3.05) is 45.3 Å². The van der Waals surface area contributed by atoms with Gasteiger partial charge in [-0.3, -0.25) is 0 Å². The average Bonchev–Trinajstić information content (AvgIpc) is 2.51. The van der Waals surface area contributed by atoms with Crippen molar-refractivity contribution in [1.29, 1.82) is 0 Å². The Hall–Kier alpha value is -1.26. The number of hydrogen-bond acceptors (Lipinski definition) is 4. The first kappa shape index (κ1) is 16.1. The van der Waals surface area contributed by atoms with E-state index in [1.165, 1.54) is 31.5 Å². The highest BCUT2D eigenvalue weighted by Crippen LogP contribution is 2.28. The lowest BCUT2D eigenvalue weighted by molar-refractivity contribution is 0.146. The topological polar surface area (TPSA) is 33.7 Å². The zero-order valence-corrected chi connectivity index (χ0v) is 13.5. The normalized spacial score (nSPS) is 16.9. The summed E-state index contributed by atoms with van der Waals surface area (Å²) in [6.45, 7) is 9.04. The number of methoxy groups -OCH3 is 1. The van der Waals surface area contributed by atoms with Gasteiger partial charge in [0.2, 0.25) is 0 Å². The first-order chi connectivity index (χ1) is 10.2. The molecular weight excluding hydrogens is 264 g/mol. The third-order valence-corrected chi connectivity index (χ3v) is 4.08. The summed E-state index contributed by atoms with van der Waals surface area (Å²) < 4.78 is 10.9. The van der Waals surface area contributed by atoms with E-state index in [0.29, 0.717) is 19.3 Å². The molecule has 0 aromatic heterocycles. The maximum Gasteiger partial charge on any atom is 0.142 e. The average molecular weight is 292 g/mol. The van der Waals surface area contributed by atoms with Gasteiger partial charge in [-0.25, -0.2) is 0 Å². The first-order valence-corrected chi connectivity index (χ1v) is 7.94. The molecule has 4 heteroatoms. The molecule has 21 heavy (non-hydrogen) atoms. The van der Waals surface area contributed by atoms with Crippen molar-refractivity contribution in [2.45, 2.75) is 32.7 Å². The SMILES string of the molecule is CCN1CCC(Nc2ccc(C)cc2OCCOC)CC1. The van der Waals surface area contributed by atoms with E-state index >= 15 is 0 Å². The van der Waals surface area contributed by atoms with Crippen molar-refractivity contribution in [3.8, 4) is 5.75 Å². The number of aryl methyl sites for hydroxylation is 1. The van der Waals surface area contributed by atoms with E-state index in [9.17, 15) is 0 Å². The minimum atomic E-state index is 0.542. The Morgan fingerprint density at radius 3 is 2.67 bits per heavy atom. The third-order valence-electron chi connectivity index (χ3n) is 4.08. The van der Waals surface area contributed by atoms with Crippen molar-refractivity contribution >= 4 is 5.69 Å². The van der Waals surface area contributed by atoms with E-state index in [1.807, 2.05) is 0 Å². The molecule has 0 spiro atoms. The van der Waals surface area contributed by atoms with Gasteiger partial charge in [-0.2, -0.15) is 0 Å². The van der Waals surface area contributed by atoms with Gasteiger partial charge >= 0.3 is 0 Å². The van der Waals surface area contributed by atoms with Crippen molar-refractivity contribution in [2.24, 2.45) is 0 Å². The molecule has 1 aromatic rings. The Morgan fingerprint density at radius 1 is 1.24 bits per heavy atom. The Labute approximate surface area is 128 Å². The van der Waals surface area contributed by atoms with E-state index in [-0.39, 0.29) is 0 Å². The first-order valence-electron chi connectivity index (χ1n) is 7.94. The third kappa shape index (κ3) is 4.90. The summed E-state index contributed by atoms with van der Waals surface area (Å²) >= 11 is 0. The Morgan fingerprint density at radius 2 is 2.00 bits per heavy atom. The number of rotatable bonds is 7. The molecule has 0 bridgehead atoms. The van der Waals surface area contributed by atoms with Gasteiger partial charge in [0, 0.05) is 26.2 Å². The fraction of sp³-hybridized carbons (Fsp3) is 0.647. The molecule has 0 amide bonds. The van der Waals surface area contributed by atoms with E-state index in [1.54, 1.807) is 7.11 Å². The van der Waals surface area contributed by atoms with Gasteiger partial charge in [0.25, 0.3) is 0 Å². The summed E-state index contributed by atoms with van der Waals surface area (Å²) in [5, 5.41) is 3.66. The fourth-order valence-corrected chi connectivity index (χ4v) is 2.72. The smallest absolute Gasteiger partial charge is 0.142 e. The number of nitrogens with one attached hydrogen (secondary N) is 1. The number of anilines is 1. The van der Waals surface area contributed by atoms with Crippen LogP contribution in [0.25, 0.3) is 0 Å². The van der Waals surface area contributed by atoms with Crippen LogP contribution >= 0.6 is 0 Å². The van der Waals surface area contributed by atoms with Crippen LogP contribution in [0.4, 0.5) is 5.69 Å². The maximum absolute atomic E-state index is 5.84. The molecule has 1 saturated heterocycles. The van der Waals surface area contributed by atoms with Gasteiger partial charge in [-0.15, -0.1) is 0 Å². The van der Waals surface area contributed by atoms with Gasteiger partial charge in [0.05, 0.1) is 12.3 Å². The van der Waals surface area contributed by atoms with E-state index in [0.717, 1.165) is 18.0 Å². The number of hydrogen-bond donors (Lipinski definition) is 1. The number of likely N-dealkylation sites (tertiary alicyclic amines) is 1. The molecule has 0 unspecified atom stereocenters. The quantitative estimate of drug-likeness (QED) is 0.784. The van der Waals surface area contributed by atoms with E-state index in [2.05, 4.69) is 42.3 Å². The predicted octanol–water partition coefficient (Wildman–Crippen LogP) is 2.92. The Bertz CT molecular complexity index is 429. The second-order valence-electron chi connectivity index (χ2n) is 5.69. The molecule has 1 N–H and O–H groups in total. The number of piperidine rings is 1. The lowest BCUT2D eigenvalue weighted by atomic mass is 10.0.